The van der Waals surface area contributed by atoms with E-state index in [0.717, 1.165) is 17.0 Å². The summed E-state index contributed by atoms with van der Waals surface area (Å²) in [4.78, 5) is 12.4. The summed E-state index contributed by atoms with van der Waals surface area (Å²) in [5.41, 5.74) is 7.02. The van der Waals surface area contributed by atoms with Gasteiger partial charge in [0.05, 0.1) is 25.2 Å². The van der Waals surface area contributed by atoms with Crippen molar-refractivity contribution in [1.82, 2.24) is 0 Å². The third-order valence-electron chi connectivity index (χ3n) is 3.79. The lowest BCUT2D eigenvalue weighted by molar-refractivity contribution is -0.125. The molecule has 0 aliphatic carbocycles. The maximum absolute atomic E-state index is 12.4. The number of aryl methyl sites for hydroxylation is 1. The van der Waals surface area contributed by atoms with Crippen LogP contribution in [-0.2, 0) is 9.53 Å². The second-order valence-corrected chi connectivity index (χ2v) is 5.40. The molecule has 5 nitrogen and oxygen atoms in total. The van der Waals surface area contributed by atoms with Crippen LogP contribution in [0.15, 0.2) is 18.2 Å². The first kappa shape index (κ1) is 14.8. The fraction of sp³-hybridized carbons (Fsp3) is 0.533. The van der Waals surface area contributed by atoms with Crippen molar-refractivity contribution >= 4 is 11.6 Å². The van der Waals surface area contributed by atoms with Crippen LogP contribution < -0.4 is 15.8 Å². The van der Waals surface area contributed by atoms with Gasteiger partial charge in [-0.3, -0.25) is 4.79 Å². The second kappa shape index (κ2) is 5.81. The van der Waals surface area contributed by atoms with Crippen LogP contribution in [0.5, 0.6) is 5.75 Å². The Bertz CT molecular complexity index is 504. The third-order valence-corrected chi connectivity index (χ3v) is 3.79. The Labute approximate surface area is 119 Å². The molecule has 5 heteroatoms. The first-order chi connectivity index (χ1) is 9.47. The highest BCUT2D eigenvalue weighted by Gasteiger charge is 2.44. The number of hydrogen-bond acceptors (Lipinski definition) is 4. The van der Waals surface area contributed by atoms with Gasteiger partial charge in [-0.15, -0.1) is 0 Å². The van der Waals surface area contributed by atoms with Crippen molar-refractivity contribution in [3.63, 3.8) is 0 Å². The van der Waals surface area contributed by atoms with Crippen LogP contribution in [0.25, 0.3) is 0 Å². The summed E-state index contributed by atoms with van der Waals surface area (Å²) < 4.78 is 10.7. The maximum atomic E-state index is 12.4. The van der Waals surface area contributed by atoms with Crippen LogP contribution in [0.1, 0.15) is 19.4 Å². The van der Waals surface area contributed by atoms with Gasteiger partial charge < -0.3 is 20.5 Å². The van der Waals surface area contributed by atoms with E-state index < -0.39 is 5.41 Å². The molecule has 20 heavy (non-hydrogen) atoms. The second-order valence-electron chi connectivity index (χ2n) is 5.40. The largest absolute Gasteiger partial charge is 0.494 e. The molecule has 2 unspecified atom stereocenters. The number of benzene rings is 1. The molecule has 1 aromatic carbocycles. The molecule has 2 rings (SSSR count). The minimum Gasteiger partial charge on any atom is -0.494 e. The van der Waals surface area contributed by atoms with Crippen LogP contribution in [0.2, 0.25) is 0 Å². The van der Waals surface area contributed by atoms with Crippen molar-refractivity contribution in [2.24, 2.45) is 11.1 Å². The van der Waals surface area contributed by atoms with Crippen LogP contribution in [0, 0.1) is 12.3 Å². The van der Waals surface area contributed by atoms with E-state index in [2.05, 4.69) is 5.32 Å². The first-order valence-corrected chi connectivity index (χ1v) is 6.85. The molecule has 0 bridgehead atoms. The number of ether oxygens (including phenoxy) is 2. The highest BCUT2D eigenvalue weighted by atomic mass is 16.5. The van der Waals surface area contributed by atoms with Crippen molar-refractivity contribution < 1.29 is 14.3 Å². The predicted octanol–water partition coefficient (Wildman–Crippen LogP) is 1.70. The van der Waals surface area contributed by atoms with E-state index in [1.165, 1.54) is 0 Å². The maximum Gasteiger partial charge on any atom is 0.234 e. The number of anilines is 1. The van der Waals surface area contributed by atoms with E-state index in [4.69, 9.17) is 15.2 Å². The van der Waals surface area contributed by atoms with Crippen LogP contribution in [0.4, 0.5) is 5.69 Å². The topological polar surface area (TPSA) is 73.6 Å². The lowest BCUT2D eigenvalue weighted by Gasteiger charge is -2.25. The van der Waals surface area contributed by atoms with E-state index in [9.17, 15) is 4.79 Å². The fourth-order valence-electron chi connectivity index (χ4n) is 2.22. The van der Waals surface area contributed by atoms with Gasteiger partial charge in [-0.1, -0.05) is 0 Å². The zero-order chi connectivity index (χ0) is 14.8. The lowest BCUT2D eigenvalue weighted by atomic mass is 9.84. The minimum atomic E-state index is -0.676. The monoisotopic (exact) mass is 278 g/mol. The molecule has 1 aromatic rings. The summed E-state index contributed by atoms with van der Waals surface area (Å²) in [6.45, 7) is 7.11. The van der Waals surface area contributed by atoms with Crippen molar-refractivity contribution in [1.29, 1.82) is 0 Å². The lowest BCUT2D eigenvalue weighted by Crippen LogP contribution is -2.47. The Kier molecular flexibility index (Phi) is 4.30. The molecule has 0 radical (unpaired) electrons. The molecule has 110 valence electrons. The fourth-order valence-corrected chi connectivity index (χ4v) is 2.22. The molecule has 1 amide bonds. The number of nitrogens with two attached hydrogens (primary N) is 1. The number of hydrogen-bond donors (Lipinski definition) is 2. The van der Waals surface area contributed by atoms with E-state index in [1.807, 2.05) is 39.0 Å². The van der Waals surface area contributed by atoms with E-state index >= 15 is 0 Å². The van der Waals surface area contributed by atoms with Crippen LogP contribution >= 0.6 is 0 Å². The number of carbonyl (C=O) groups is 1. The number of nitrogens with one attached hydrogen (secondary N) is 1. The molecule has 2 atom stereocenters. The Hall–Kier alpha value is -1.59. The number of amides is 1. The zero-order valence-electron chi connectivity index (χ0n) is 12.2. The van der Waals surface area contributed by atoms with E-state index in [0.29, 0.717) is 19.8 Å². The van der Waals surface area contributed by atoms with Crippen molar-refractivity contribution in [2.45, 2.75) is 26.8 Å². The van der Waals surface area contributed by atoms with Crippen LogP contribution in [-0.4, -0.2) is 31.8 Å². The van der Waals surface area contributed by atoms with E-state index in [-0.39, 0.29) is 11.9 Å². The van der Waals surface area contributed by atoms with Crippen molar-refractivity contribution in [3.8, 4) is 5.75 Å². The number of carbonyl (C=O) groups excluding carboxylic acids is 1. The molecule has 0 saturated carbocycles. The summed E-state index contributed by atoms with van der Waals surface area (Å²) in [5.74, 6) is 0.699. The smallest absolute Gasteiger partial charge is 0.234 e. The summed E-state index contributed by atoms with van der Waals surface area (Å²) >= 11 is 0. The van der Waals surface area contributed by atoms with Gasteiger partial charge in [0, 0.05) is 11.7 Å². The van der Waals surface area contributed by atoms with Gasteiger partial charge in [-0.25, -0.2) is 0 Å². The summed E-state index contributed by atoms with van der Waals surface area (Å²) in [6, 6.07) is 5.33. The molecular weight excluding hydrogens is 256 g/mol. The van der Waals surface area contributed by atoms with Gasteiger partial charge in [0.1, 0.15) is 5.75 Å². The molecule has 0 aromatic heterocycles. The highest BCUT2D eigenvalue weighted by Crippen LogP contribution is 2.30. The Balaban J connectivity index is 2.12. The van der Waals surface area contributed by atoms with Crippen molar-refractivity contribution in [3.05, 3.63) is 23.8 Å². The van der Waals surface area contributed by atoms with Gasteiger partial charge in [-0.05, 0) is 44.5 Å². The third kappa shape index (κ3) is 2.78. The summed E-state index contributed by atoms with van der Waals surface area (Å²) in [5, 5.41) is 2.94. The van der Waals surface area contributed by atoms with Gasteiger partial charge in [0.15, 0.2) is 0 Å². The minimum absolute atomic E-state index is 0.102. The zero-order valence-corrected chi connectivity index (χ0v) is 12.2. The van der Waals surface area contributed by atoms with Gasteiger partial charge in [0.2, 0.25) is 5.91 Å². The van der Waals surface area contributed by atoms with Gasteiger partial charge in [0.25, 0.3) is 0 Å². The Morgan fingerprint density at radius 3 is 2.90 bits per heavy atom. The van der Waals surface area contributed by atoms with Gasteiger partial charge >= 0.3 is 0 Å². The average Bonchev–Trinajstić information content (AvgIpc) is 2.74. The molecule has 1 aliphatic rings. The molecule has 1 heterocycles. The molecule has 0 spiro atoms. The Morgan fingerprint density at radius 2 is 2.35 bits per heavy atom. The van der Waals surface area contributed by atoms with Crippen LogP contribution in [0.3, 0.4) is 0 Å². The average molecular weight is 278 g/mol. The predicted molar refractivity (Wildman–Crippen MR) is 77.9 cm³/mol. The SMILES string of the molecule is CCOc1ccc(NC(=O)C2(C)COCC2N)c(C)c1. The summed E-state index contributed by atoms with van der Waals surface area (Å²) in [7, 11) is 0. The normalized spacial score (nSPS) is 25.5. The summed E-state index contributed by atoms with van der Waals surface area (Å²) in [6.07, 6.45) is 0. The first-order valence-electron chi connectivity index (χ1n) is 6.85. The molecule has 3 N–H and O–H groups in total. The Morgan fingerprint density at radius 1 is 1.60 bits per heavy atom. The number of rotatable bonds is 4. The van der Waals surface area contributed by atoms with Gasteiger partial charge in [-0.2, -0.15) is 0 Å². The van der Waals surface area contributed by atoms with E-state index in [1.54, 1.807) is 0 Å². The van der Waals surface area contributed by atoms with Crippen molar-refractivity contribution in [2.75, 3.05) is 25.1 Å². The quantitative estimate of drug-likeness (QED) is 0.879. The molecule has 1 aliphatic heterocycles. The molecule has 1 saturated heterocycles. The highest BCUT2D eigenvalue weighted by molar-refractivity contribution is 5.96. The standard InChI is InChI=1S/C15H22N2O3/c1-4-20-11-5-6-12(10(2)7-11)17-14(18)15(3)9-19-8-13(15)16/h5-7,13H,4,8-9,16H2,1-3H3,(H,17,18). The molecule has 1 fully saturated rings. The molecular formula is C15H22N2O3.